The summed E-state index contributed by atoms with van der Waals surface area (Å²) >= 11 is 0. The Hall–Kier alpha value is -1.02. The van der Waals surface area contributed by atoms with Crippen LogP contribution in [-0.2, 0) is 6.54 Å². The van der Waals surface area contributed by atoms with Gasteiger partial charge >= 0.3 is 0 Å². The van der Waals surface area contributed by atoms with Gasteiger partial charge in [-0.1, -0.05) is 31.5 Å². The van der Waals surface area contributed by atoms with E-state index in [-0.39, 0.29) is 0 Å². The molecular weight excluding hydrogens is 196 g/mol. The third kappa shape index (κ3) is 3.86. The Balaban J connectivity index is 2.71. The van der Waals surface area contributed by atoms with Crippen LogP contribution >= 0.6 is 0 Å². The monoisotopic (exact) mass is 220 g/mol. The molecule has 0 aliphatic heterocycles. The summed E-state index contributed by atoms with van der Waals surface area (Å²) in [5.74, 6) is 0. The lowest BCUT2D eigenvalue weighted by Crippen LogP contribution is -2.25. The van der Waals surface area contributed by atoms with E-state index in [0.29, 0.717) is 0 Å². The number of aryl methyl sites for hydroxylation is 1. The molecule has 0 aliphatic rings. The normalized spacial score (nSPS) is 11.0. The SMILES string of the molecule is CCCN(CCC)Cc1cc(C)ccc1N. The first kappa shape index (κ1) is 13.0. The van der Waals surface area contributed by atoms with Crippen LogP contribution in [0.25, 0.3) is 0 Å². The van der Waals surface area contributed by atoms with E-state index >= 15 is 0 Å². The van der Waals surface area contributed by atoms with Gasteiger partial charge in [0.1, 0.15) is 0 Å². The largest absolute Gasteiger partial charge is 0.398 e. The van der Waals surface area contributed by atoms with Gasteiger partial charge in [0.25, 0.3) is 0 Å². The smallest absolute Gasteiger partial charge is 0.0359 e. The second-order valence-corrected chi connectivity index (χ2v) is 4.48. The van der Waals surface area contributed by atoms with Crippen molar-refractivity contribution in [3.05, 3.63) is 29.3 Å². The molecule has 0 unspecified atom stereocenters. The van der Waals surface area contributed by atoms with E-state index < -0.39 is 0 Å². The predicted octanol–water partition coefficient (Wildman–Crippen LogP) is 3.20. The third-order valence-corrected chi connectivity index (χ3v) is 2.77. The highest BCUT2D eigenvalue weighted by Gasteiger charge is 2.06. The Morgan fingerprint density at radius 2 is 1.75 bits per heavy atom. The van der Waals surface area contributed by atoms with Crippen molar-refractivity contribution in [2.45, 2.75) is 40.2 Å². The highest BCUT2D eigenvalue weighted by Crippen LogP contribution is 2.16. The van der Waals surface area contributed by atoms with Crippen molar-refractivity contribution in [3.8, 4) is 0 Å². The molecule has 2 heteroatoms. The number of benzene rings is 1. The molecule has 2 N–H and O–H groups in total. The minimum Gasteiger partial charge on any atom is -0.398 e. The molecule has 0 fully saturated rings. The number of nitrogens with two attached hydrogens (primary N) is 1. The Labute approximate surface area is 99.5 Å². The molecule has 0 heterocycles. The van der Waals surface area contributed by atoms with Crippen molar-refractivity contribution >= 4 is 5.69 Å². The molecule has 2 nitrogen and oxygen atoms in total. The van der Waals surface area contributed by atoms with Crippen LogP contribution in [0.2, 0.25) is 0 Å². The fourth-order valence-electron chi connectivity index (χ4n) is 2.01. The Morgan fingerprint density at radius 1 is 1.12 bits per heavy atom. The lowest BCUT2D eigenvalue weighted by molar-refractivity contribution is 0.267. The van der Waals surface area contributed by atoms with E-state index in [0.717, 1.165) is 25.3 Å². The molecule has 0 atom stereocenters. The average Bonchev–Trinajstić information content (AvgIpc) is 2.24. The summed E-state index contributed by atoms with van der Waals surface area (Å²) in [5.41, 5.74) is 9.48. The van der Waals surface area contributed by atoms with Gasteiger partial charge in [-0.15, -0.1) is 0 Å². The highest BCUT2D eigenvalue weighted by atomic mass is 15.1. The summed E-state index contributed by atoms with van der Waals surface area (Å²) < 4.78 is 0. The molecule has 0 saturated carbocycles. The highest BCUT2D eigenvalue weighted by molar-refractivity contribution is 5.48. The van der Waals surface area contributed by atoms with Crippen molar-refractivity contribution in [2.75, 3.05) is 18.8 Å². The van der Waals surface area contributed by atoms with Crippen molar-refractivity contribution in [1.82, 2.24) is 4.90 Å². The molecule has 0 aromatic heterocycles. The number of hydrogen-bond acceptors (Lipinski definition) is 2. The minimum atomic E-state index is 0.919. The van der Waals surface area contributed by atoms with Gasteiger partial charge in [0.05, 0.1) is 0 Å². The summed E-state index contributed by atoms with van der Waals surface area (Å²) in [6.07, 6.45) is 2.40. The molecule has 90 valence electrons. The van der Waals surface area contributed by atoms with E-state index in [2.05, 4.69) is 37.8 Å². The minimum absolute atomic E-state index is 0.919. The average molecular weight is 220 g/mol. The standard InChI is InChI=1S/C14H24N2/c1-4-8-16(9-5-2)11-13-10-12(3)6-7-14(13)15/h6-7,10H,4-5,8-9,11,15H2,1-3H3. The first-order valence-electron chi connectivity index (χ1n) is 6.24. The molecular formula is C14H24N2. The Bertz CT molecular complexity index is 315. The zero-order chi connectivity index (χ0) is 12.0. The Kier molecular flexibility index (Phi) is 5.33. The van der Waals surface area contributed by atoms with Gasteiger partial charge in [-0.3, -0.25) is 4.90 Å². The van der Waals surface area contributed by atoms with Crippen LogP contribution in [0.1, 0.15) is 37.8 Å². The van der Waals surface area contributed by atoms with Gasteiger partial charge in [-0.2, -0.15) is 0 Å². The van der Waals surface area contributed by atoms with E-state index in [1.165, 1.54) is 24.0 Å². The number of nitrogens with zero attached hydrogens (tertiary/aromatic N) is 1. The van der Waals surface area contributed by atoms with E-state index in [4.69, 9.17) is 5.73 Å². The van der Waals surface area contributed by atoms with Crippen LogP contribution < -0.4 is 5.73 Å². The first-order chi connectivity index (χ1) is 7.67. The zero-order valence-corrected chi connectivity index (χ0v) is 10.8. The fourth-order valence-corrected chi connectivity index (χ4v) is 2.01. The molecule has 1 rings (SSSR count). The maximum atomic E-state index is 6.00. The van der Waals surface area contributed by atoms with Crippen LogP contribution in [0.5, 0.6) is 0 Å². The Morgan fingerprint density at radius 3 is 2.31 bits per heavy atom. The molecule has 0 saturated heterocycles. The molecule has 0 amide bonds. The summed E-state index contributed by atoms with van der Waals surface area (Å²) in [6, 6.07) is 6.29. The third-order valence-electron chi connectivity index (χ3n) is 2.77. The number of anilines is 1. The van der Waals surface area contributed by atoms with Crippen LogP contribution in [0, 0.1) is 6.92 Å². The van der Waals surface area contributed by atoms with Crippen LogP contribution in [0.3, 0.4) is 0 Å². The molecule has 0 aliphatic carbocycles. The fraction of sp³-hybridized carbons (Fsp3) is 0.571. The predicted molar refractivity (Wildman–Crippen MR) is 71.5 cm³/mol. The van der Waals surface area contributed by atoms with Crippen LogP contribution in [0.15, 0.2) is 18.2 Å². The zero-order valence-electron chi connectivity index (χ0n) is 10.8. The molecule has 0 radical (unpaired) electrons. The van der Waals surface area contributed by atoms with Gasteiger partial charge in [-0.05, 0) is 44.5 Å². The van der Waals surface area contributed by atoms with E-state index in [1.54, 1.807) is 0 Å². The first-order valence-corrected chi connectivity index (χ1v) is 6.24. The molecule has 1 aromatic rings. The summed E-state index contributed by atoms with van der Waals surface area (Å²) in [5, 5.41) is 0. The number of rotatable bonds is 6. The summed E-state index contributed by atoms with van der Waals surface area (Å²) in [7, 11) is 0. The number of hydrogen-bond donors (Lipinski definition) is 1. The van der Waals surface area contributed by atoms with Gasteiger partial charge in [-0.25, -0.2) is 0 Å². The molecule has 1 aromatic carbocycles. The second-order valence-electron chi connectivity index (χ2n) is 4.48. The summed E-state index contributed by atoms with van der Waals surface area (Å²) in [4.78, 5) is 2.48. The molecule has 0 spiro atoms. The topological polar surface area (TPSA) is 29.3 Å². The van der Waals surface area contributed by atoms with E-state index in [9.17, 15) is 0 Å². The van der Waals surface area contributed by atoms with Crippen LogP contribution in [-0.4, -0.2) is 18.0 Å². The molecule has 0 bridgehead atoms. The second kappa shape index (κ2) is 6.54. The van der Waals surface area contributed by atoms with Gasteiger partial charge in [0, 0.05) is 12.2 Å². The quantitative estimate of drug-likeness (QED) is 0.746. The van der Waals surface area contributed by atoms with Crippen LogP contribution in [0.4, 0.5) is 5.69 Å². The van der Waals surface area contributed by atoms with E-state index in [1.807, 2.05) is 6.07 Å². The number of nitrogen functional groups attached to an aromatic ring is 1. The lowest BCUT2D eigenvalue weighted by Gasteiger charge is -2.22. The maximum absolute atomic E-state index is 6.00. The summed E-state index contributed by atoms with van der Waals surface area (Å²) in [6.45, 7) is 9.86. The van der Waals surface area contributed by atoms with Gasteiger partial charge in [0.15, 0.2) is 0 Å². The maximum Gasteiger partial charge on any atom is 0.0359 e. The van der Waals surface area contributed by atoms with Gasteiger partial charge in [0.2, 0.25) is 0 Å². The lowest BCUT2D eigenvalue weighted by atomic mass is 10.1. The molecule has 16 heavy (non-hydrogen) atoms. The van der Waals surface area contributed by atoms with Crippen molar-refractivity contribution in [2.24, 2.45) is 0 Å². The van der Waals surface area contributed by atoms with Gasteiger partial charge < -0.3 is 5.73 Å². The van der Waals surface area contributed by atoms with Crippen molar-refractivity contribution in [1.29, 1.82) is 0 Å². The van der Waals surface area contributed by atoms with Crippen molar-refractivity contribution in [3.63, 3.8) is 0 Å². The van der Waals surface area contributed by atoms with Crippen molar-refractivity contribution < 1.29 is 0 Å².